The fourth-order valence-electron chi connectivity index (χ4n) is 1.72. The average Bonchev–Trinajstić information content (AvgIpc) is 2.49. The van der Waals surface area contributed by atoms with Crippen LogP contribution in [0.25, 0.3) is 0 Å². The maximum absolute atomic E-state index is 12.0. The molecule has 22 heavy (non-hydrogen) atoms. The Morgan fingerprint density at radius 3 is 2.14 bits per heavy atom. The van der Waals surface area contributed by atoms with Crippen molar-refractivity contribution in [3.8, 4) is 11.5 Å². The van der Waals surface area contributed by atoms with Crippen LogP contribution in [0.2, 0.25) is 0 Å². The van der Waals surface area contributed by atoms with Crippen LogP contribution in [0.5, 0.6) is 11.5 Å². The summed E-state index contributed by atoms with van der Waals surface area (Å²) in [5.41, 5.74) is 0.468. The number of carbonyl (C=O) groups excluding carboxylic acids is 1. The molecule has 2 aromatic rings. The highest BCUT2D eigenvalue weighted by atomic mass is 19.3. The molecule has 1 atom stereocenters. The number of carbonyl (C=O) groups is 1. The van der Waals surface area contributed by atoms with Crippen molar-refractivity contribution in [3.63, 3.8) is 0 Å². The summed E-state index contributed by atoms with van der Waals surface area (Å²) >= 11 is 0. The lowest BCUT2D eigenvalue weighted by atomic mass is 10.2. The van der Waals surface area contributed by atoms with Crippen molar-refractivity contribution in [1.82, 2.24) is 0 Å². The minimum atomic E-state index is -2.88. The highest BCUT2D eigenvalue weighted by Crippen LogP contribution is 2.18. The Balaban J connectivity index is 1.90. The molecule has 0 aliphatic rings. The van der Waals surface area contributed by atoms with Crippen LogP contribution in [0.3, 0.4) is 0 Å². The molecule has 0 fully saturated rings. The second-order valence-corrected chi connectivity index (χ2v) is 4.47. The molecule has 6 heteroatoms. The quantitative estimate of drug-likeness (QED) is 0.885. The predicted octanol–water partition coefficient (Wildman–Crippen LogP) is 3.69. The highest BCUT2D eigenvalue weighted by Gasteiger charge is 2.15. The van der Waals surface area contributed by atoms with E-state index in [1.807, 2.05) is 18.2 Å². The molecule has 0 radical (unpaired) electrons. The van der Waals surface area contributed by atoms with Gasteiger partial charge in [-0.2, -0.15) is 8.78 Å². The molecule has 0 aliphatic heterocycles. The topological polar surface area (TPSA) is 47.6 Å². The fraction of sp³-hybridized carbons (Fsp3) is 0.188. The van der Waals surface area contributed by atoms with Crippen molar-refractivity contribution in [2.24, 2.45) is 0 Å². The molecule has 1 N–H and O–H groups in total. The molecule has 0 saturated heterocycles. The third-order valence-electron chi connectivity index (χ3n) is 2.77. The summed E-state index contributed by atoms with van der Waals surface area (Å²) in [4.78, 5) is 12.0. The molecule has 0 spiro atoms. The maximum Gasteiger partial charge on any atom is 0.387 e. The van der Waals surface area contributed by atoms with E-state index in [9.17, 15) is 13.6 Å². The van der Waals surface area contributed by atoms with Gasteiger partial charge in [0.25, 0.3) is 5.91 Å². The van der Waals surface area contributed by atoms with Gasteiger partial charge in [0.2, 0.25) is 0 Å². The third-order valence-corrected chi connectivity index (χ3v) is 2.77. The predicted molar refractivity (Wildman–Crippen MR) is 78.2 cm³/mol. The van der Waals surface area contributed by atoms with Crippen LogP contribution in [0.15, 0.2) is 54.6 Å². The monoisotopic (exact) mass is 307 g/mol. The molecular formula is C16H15F2NO3. The number of rotatable bonds is 6. The lowest BCUT2D eigenvalue weighted by Crippen LogP contribution is -2.30. The molecule has 4 nitrogen and oxygen atoms in total. The highest BCUT2D eigenvalue weighted by molar-refractivity contribution is 5.94. The molecule has 2 aromatic carbocycles. The number of nitrogens with one attached hydrogen (secondary N) is 1. The van der Waals surface area contributed by atoms with E-state index >= 15 is 0 Å². The van der Waals surface area contributed by atoms with E-state index in [4.69, 9.17) is 4.74 Å². The number of hydrogen-bond donors (Lipinski definition) is 1. The summed E-state index contributed by atoms with van der Waals surface area (Å²) in [6, 6.07) is 14.6. The Labute approximate surface area is 126 Å². The first-order valence-electron chi connectivity index (χ1n) is 6.62. The number of benzene rings is 2. The van der Waals surface area contributed by atoms with Gasteiger partial charge in [-0.25, -0.2) is 0 Å². The summed E-state index contributed by atoms with van der Waals surface area (Å²) in [7, 11) is 0. The summed E-state index contributed by atoms with van der Waals surface area (Å²) in [6.45, 7) is -1.25. The Morgan fingerprint density at radius 2 is 1.55 bits per heavy atom. The fourth-order valence-corrected chi connectivity index (χ4v) is 1.72. The van der Waals surface area contributed by atoms with E-state index in [1.165, 1.54) is 24.3 Å². The van der Waals surface area contributed by atoms with Crippen molar-refractivity contribution in [3.05, 3.63) is 54.6 Å². The minimum absolute atomic E-state index is 0.0292. The first kappa shape index (κ1) is 15.8. The third kappa shape index (κ3) is 4.73. The lowest BCUT2D eigenvalue weighted by Gasteiger charge is -2.15. The Hall–Kier alpha value is -2.63. The van der Waals surface area contributed by atoms with Crippen molar-refractivity contribution in [2.75, 3.05) is 5.32 Å². The van der Waals surface area contributed by atoms with Gasteiger partial charge < -0.3 is 14.8 Å². The number of anilines is 1. The zero-order chi connectivity index (χ0) is 15.9. The van der Waals surface area contributed by atoms with Crippen LogP contribution in [-0.4, -0.2) is 18.6 Å². The number of para-hydroxylation sites is 1. The van der Waals surface area contributed by atoms with Gasteiger partial charge >= 0.3 is 6.61 Å². The zero-order valence-electron chi connectivity index (χ0n) is 11.8. The number of halogens is 2. The zero-order valence-corrected chi connectivity index (χ0v) is 11.8. The molecule has 0 aromatic heterocycles. The molecule has 0 aliphatic carbocycles. The van der Waals surface area contributed by atoms with Crippen LogP contribution in [0, 0.1) is 0 Å². The van der Waals surface area contributed by atoms with Gasteiger partial charge in [-0.1, -0.05) is 18.2 Å². The Morgan fingerprint density at radius 1 is 0.955 bits per heavy atom. The molecule has 0 bridgehead atoms. The standard InChI is InChI=1S/C16H15F2NO3/c1-11(21-13-5-3-2-4-6-13)15(20)19-12-7-9-14(10-8-12)22-16(17)18/h2-11,16H,1H3,(H,19,20)/t11-/m0/s1. The summed E-state index contributed by atoms with van der Waals surface area (Å²) < 4.78 is 33.8. The van der Waals surface area contributed by atoms with Gasteiger partial charge in [-0.05, 0) is 43.3 Å². The SMILES string of the molecule is C[C@H](Oc1ccccc1)C(=O)Nc1ccc(OC(F)F)cc1. The van der Waals surface area contributed by atoms with Crippen molar-refractivity contribution in [2.45, 2.75) is 19.6 Å². The van der Waals surface area contributed by atoms with Crippen LogP contribution in [0.4, 0.5) is 14.5 Å². The number of hydrogen-bond acceptors (Lipinski definition) is 3. The second kappa shape index (κ2) is 7.40. The minimum Gasteiger partial charge on any atom is -0.481 e. The molecular weight excluding hydrogens is 292 g/mol. The van der Waals surface area contributed by atoms with E-state index in [2.05, 4.69) is 10.1 Å². The summed E-state index contributed by atoms with van der Waals surface area (Å²) in [5, 5.41) is 2.64. The number of alkyl halides is 2. The van der Waals surface area contributed by atoms with Gasteiger partial charge in [0.1, 0.15) is 11.5 Å². The average molecular weight is 307 g/mol. The molecule has 0 saturated carbocycles. The van der Waals surface area contributed by atoms with Crippen LogP contribution in [-0.2, 0) is 4.79 Å². The van der Waals surface area contributed by atoms with E-state index in [0.29, 0.717) is 11.4 Å². The van der Waals surface area contributed by atoms with Crippen LogP contribution in [0.1, 0.15) is 6.92 Å². The molecule has 1 amide bonds. The second-order valence-electron chi connectivity index (χ2n) is 4.47. The first-order valence-corrected chi connectivity index (χ1v) is 6.62. The van der Waals surface area contributed by atoms with E-state index in [1.54, 1.807) is 19.1 Å². The largest absolute Gasteiger partial charge is 0.481 e. The van der Waals surface area contributed by atoms with Gasteiger partial charge in [0.15, 0.2) is 6.10 Å². The van der Waals surface area contributed by atoms with Crippen molar-refractivity contribution < 1.29 is 23.0 Å². The molecule has 0 unspecified atom stereocenters. The maximum atomic E-state index is 12.0. The summed E-state index contributed by atoms with van der Waals surface area (Å²) in [5.74, 6) is 0.277. The van der Waals surface area contributed by atoms with Gasteiger partial charge in [-0.15, -0.1) is 0 Å². The first-order chi connectivity index (χ1) is 10.5. The number of ether oxygens (including phenoxy) is 2. The lowest BCUT2D eigenvalue weighted by molar-refractivity contribution is -0.122. The molecule has 116 valence electrons. The normalized spacial score (nSPS) is 11.8. The molecule has 2 rings (SSSR count). The van der Waals surface area contributed by atoms with Gasteiger partial charge in [0, 0.05) is 5.69 Å². The van der Waals surface area contributed by atoms with E-state index < -0.39 is 12.7 Å². The van der Waals surface area contributed by atoms with E-state index in [-0.39, 0.29) is 11.7 Å². The number of amides is 1. The van der Waals surface area contributed by atoms with Crippen LogP contribution >= 0.6 is 0 Å². The van der Waals surface area contributed by atoms with Crippen molar-refractivity contribution >= 4 is 11.6 Å². The van der Waals surface area contributed by atoms with Crippen molar-refractivity contribution in [1.29, 1.82) is 0 Å². The summed E-state index contributed by atoms with van der Waals surface area (Å²) in [6.07, 6.45) is -0.695. The molecule has 0 heterocycles. The van der Waals surface area contributed by atoms with Gasteiger partial charge in [0.05, 0.1) is 0 Å². The van der Waals surface area contributed by atoms with E-state index in [0.717, 1.165) is 0 Å². The smallest absolute Gasteiger partial charge is 0.387 e. The van der Waals surface area contributed by atoms with Crippen LogP contribution < -0.4 is 14.8 Å². The Kier molecular flexibility index (Phi) is 5.30. The Bertz CT molecular complexity index is 603. The van der Waals surface area contributed by atoms with Gasteiger partial charge in [-0.3, -0.25) is 4.79 Å².